The molecule has 1 aromatic heterocycles. The number of nitriles is 1. The van der Waals surface area contributed by atoms with Crippen molar-refractivity contribution in [2.75, 3.05) is 18.5 Å². The molecule has 2 N–H and O–H groups in total. The molecule has 0 radical (unpaired) electrons. The van der Waals surface area contributed by atoms with Crippen molar-refractivity contribution in [3.05, 3.63) is 53.3 Å². The number of ether oxygens (including phenoxy) is 1. The standard InChI is InChI=1S/C23H24ClN5O3/c24-19-7-5-16(28-22(30)15-3-1-9-26-13-15)11-21(19)32-14-17-6-8-20(27-17)23(31)29-10-2-4-18(29)12-25/h1,3,5,7,9,11,13,17-18,20,27H,2,4,6,8,10,14H2,(H,28,30)/t17-,18+,20+/m1/s1. The van der Waals surface area contributed by atoms with E-state index in [2.05, 4.69) is 21.7 Å². The van der Waals surface area contributed by atoms with E-state index in [0.717, 1.165) is 19.3 Å². The molecule has 2 fully saturated rings. The smallest absolute Gasteiger partial charge is 0.257 e. The van der Waals surface area contributed by atoms with Crippen LogP contribution in [0.5, 0.6) is 5.75 Å². The number of halogens is 1. The Bertz CT molecular complexity index is 1030. The third kappa shape index (κ3) is 5.01. The molecule has 2 aromatic rings. The Morgan fingerprint density at radius 3 is 2.97 bits per heavy atom. The Morgan fingerprint density at radius 2 is 2.19 bits per heavy atom. The number of carbonyl (C=O) groups excluding carboxylic acids is 2. The average Bonchev–Trinajstić information content (AvgIpc) is 3.49. The largest absolute Gasteiger partial charge is 0.490 e. The van der Waals surface area contributed by atoms with Crippen LogP contribution in [0, 0.1) is 11.3 Å². The molecule has 2 saturated heterocycles. The van der Waals surface area contributed by atoms with E-state index in [4.69, 9.17) is 16.3 Å². The minimum atomic E-state index is -0.317. The lowest BCUT2D eigenvalue weighted by Crippen LogP contribution is -2.47. The fourth-order valence-corrected chi connectivity index (χ4v) is 4.26. The van der Waals surface area contributed by atoms with E-state index >= 15 is 0 Å². The molecular formula is C23H24ClN5O3. The van der Waals surface area contributed by atoms with Crippen molar-refractivity contribution in [2.45, 2.75) is 43.8 Å². The van der Waals surface area contributed by atoms with Gasteiger partial charge in [-0.1, -0.05) is 11.6 Å². The summed E-state index contributed by atoms with van der Waals surface area (Å²) >= 11 is 6.27. The summed E-state index contributed by atoms with van der Waals surface area (Å²) in [5.74, 6) is 0.175. The molecule has 166 valence electrons. The van der Waals surface area contributed by atoms with Crippen molar-refractivity contribution in [1.29, 1.82) is 5.26 Å². The SMILES string of the molecule is N#C[C@@H]1CCCN1C(=O)[C@@H]1CC[C@H](COc2cc(NC(=O)c3cccnc3)ccc2Cl)N1. The number of rotatable bonds is 6. The molecule has 3 atom stereocenters. The molecule has 4 rings (SSSR count). The minimum absolute atomic E-state index is 0.00297. The topological polar surface area (TPSA) is 107 Å². The Balaban J connectivity index is 1.32. The van der Waals surface area contributed by atoms with E-state index in [9.17, 15) is 14.9 Å². The van der Waals surface area contributed by atoms with Crippen molar-refractivity contribution in [3.8, 4) is 11.8 Å². The Kier molecular flexibility index (Phi) is 6.88. The van der Waals surface area contributed by atoms with Crippen LogP contribution in [0.15, 0.2) is 42.7 Å². The van der Waals surface area contributed by atoms with Gasteiger partial charge in [0, 0.05) is 36.7 Å². The quantitative estimate of drug-likeness (QED) is 0.696. The second-order valence-corrected chi connectivity index (χ2v) is 8.37. The first-order valence-corrected chi connectivity index (χ1v) is 11.0. The van der Waals surface area contributed by atoms with Crippen LogP contribution in [-0.4, -0.2) is 53.0 Å². The van der Waals surface area contributed by atoms with Crippen molar-refractivity contribution in [3.63, 3.8) is 0 Å². The van der Waals surface area contributed by atoms with Crippen molar-refractivity contribution in [2.24, 2.45) is 0 Å². The third-order valence-electron chi connectivity index (χ3n) is 5.78. The zero-order valence-corrected chi connectivity index (χ0v) is 18.2. The summed E-state index contributed by atoms with van der Waals surface area (Å²) < 4.78 is 5.91. The summed E-state index contributed by atoms with van der Waals surface area (Å²) in [6.07, 6.45) is 6.20. The summed E-state index contributed by atoms with van der Waals surface area (Å²) in [6, 6.07) is 10.0. The average molecular weight is 454 g/mol. The highest BCUT2D eigenvalue weighted by Crippen LogP contribution is 2.29. The van der Waals surface area contributed by atoms with E-state index < -0.39 is 0 Å². The number of carbonyl (C=O) groups is 2. The van der Waals surface area contributed by atoms with Crippen LogP contribution >= 0.6 is 11.6 Å². The maximum absolute atomic E-state index is 12.8. The summed E-state index contributed by atoms with van der Waals surface area (Å²) in [5.41, 5.74) is 1.01. The van der Waals surface area contributed by atoms with Gasteiger partial charge in [-0.3, -0.25) is 19.9 Å². The Hall–Kier alpha value is -3.15. The molecule has 0 spiro atoms. The normalized spacial score (nSPS) is 22.4. The van der Waals surface area contributed by atoms with Gasteiger partial charge < -0.3 is 15.0 Å². The number of pyridine rings is 1. The molecule has 3 heterocycles. The maximum Gasteiger partial charge on any atom is 0.257 e. The van der Waals surface area contributed by atoms with Crippen LogP contribution in [0.1, 0.15) is 36.0 Å². The van der Waals surface area contributed by atoms with Gasteiger partial charge >= 0.3 is 0 Å². The van der Waals surface area contributed by atoms with Crippen LogP contribution < -0.4 is 15.4 Å². The van der Waals surface area contributed by atoms with Gasteiger partial charge in [0.1, 0.15) is 18.4 Å². The molecular weight excluding hydrogens is 430 g/mol. The van der Waals surface area contributed by atoms with Gasteiger partial charge in [-0.05, 0) is 49.9 Å². The molecule has 2 amide bonds. The Morgan fingerprint density at radius 1 is 1.31 bits per heavy atom. The molecule has 0 saturated carbocycles. The predicted molar refractivity (Wildman–Crippen MR) is 119 cm³/mol. The number of anilines is 1. The van der Waals surface area contributed by atoms with Gasteiger partial charge in [0.05, 0.1) is 22.7 Å². The van der Waals surface area contributed by atoms with Crippen LogP contribution in [-0.2, 0) is 4.79 Å². The van der Waals surface area contributed by atoms with Crippen LogP contribution in [0.2, 0.25) is 5.02 Å². The van der Waals surface area contributed by atoms with Gasteiger partial charge in [-0.2, -0.15) is 5.26 Å². The number of likely N-dealkylation sites (tertiary alicyclic amines) is 1. The van der Waals surface area contributed by atoms with E-state index in [1.165, 1.54) is 6.20 Å². The molecule has 2 aliphatic heterocycles. The van der Waals surface area contributed by atoms with Gasteiger partial charge in [0.25, 0.3) is 5.91 Å². The lowest BCUT2D eigenvalue weighted by atomic mass is 10.1. The van der Waals surface area contributed by atoms with Crippen molar-refractivity contribution >= 4 is 29.1 Å². The monoisotopic (exact) mass is 453 g/mol. The van der Waals surface area contributed by atoms with E-state index in [1.54, 1.807) is 41.4 Å². The van der Waals surface area contributed by atoms with E-state index in [1.807, 2.05) is 0 Å². The van der Waals surface area contributed by atoms with Gasteiger partial charge in [-0.15, -0.1) is 0 Å². The molecule has 32 heavy (non-hydrogen) atoms. The summed E-state index contributed by atoms with van der Waals surface area (Å²) in [7, 11) is 0. The number of hydrogen-bond donors (Lipinski definition) is 2. The van der Waals surface area contributed by atoms with E-state index in [-0.39, 0.29) is 29.9 Å². The highest BCUT2D eigenvalue weighted by molar-refractivity contribution is 6.32. The minimum Gasteiger partial charge on any atom is -0.490 e. The number of amides is 2. The van der Waals surface area contributed by atoms with Crippen molar-refractivity contribution < 1.29 is 14.3 Å². The highest BCUT2D eigenvalue weighted by atomic mass is 35.5. The third-order valence-corrected chi connectivity index (χ3v) is 6.09. The molecule has 8 nitrogen and oxygen atoms in total. The molecule has 0 unspecified atom stereocenters. The van der Waals surface area contributed by atoms with Crippen LogP contribution in [0.4, 0.5) is 5.69 Å². The number of nitrogens with one attached hydrogen (secondary N) is 2. The second-order valence-electron chi connectivity index (χ2n) is 7.96. The van der Waals surface area contributed by atoms with Gasteiger partial charge in [0.2, 0.25) is 5.91 Å². The summed E-state index contributed by atoms with van der Waals surface area (Å²) in [6.45, 7) is 0.981. The lowest BCUT2D eigenvalue weighted by molar-refractivity contribution is -0.133. The lowest BCUT2D eigenvalue weighted by Gasteiger charge is -2.24. The second kappa shape index (κ2) is 9.98. The van der Waals surface area contributed by atoms with Crippen LogP contribution in [0.3, 0.4) is 0 Å². The Labute approximate surface area is 191 Å². The van der Waals surface area contributed by atoms with Crippen LogP contribution in [0.25, 0.3) is 0 Å². The molecule has 9 heteroatoms. The first-order valence-electron chi connectivity index (χ1n) is 10.6. The number of aromatic nitrogens is 1. The summed E-state index contributed by atoms with van der Waals surface area (Å²) in [4.78, 5) is 30.7. The number of nitrogens with zero attached hydrogens (tertiary/aromatic N) is 3. The first-order chi connectivity index (χ1) is 15.5. The van der Waals surface area contributed by atoms with Gasteiger partial charge in [0.15, 0.2) is 0 Å². The molecule has 0 bridgehead atoms. The number of benzene rings is 1. The summed E-state index contributed by atoms with van der Waals surface area (Å²) in [5, 5.41) is 15.8. The first kappa shape index (κ1) is 22.1. The fourth-order valence-electron chi connectivity index (χ4n) is 4.09. The molecule has 0 aliphatic carbocycles. The molecule has 2 aliphatic rings. The maximum atomic E-state index is 12.8. The van der Waals surface area contributed by atoms with E-state index in [0.29, 0.717) is 41.6 Å². The fraction of sp³-hybridized carbons (Fsp3) is 0.391. The zero-order valence-electron chi connectivity index (χ0n) is 17.5. The van der Waals surface area contributed by atoms with Crippen molar-refractivity contribution in [1.82, 2.24) is 15.2 Å². The number of hydrogen-bond acceptors (Lipinski definition) is 6. The molecule has 1 aromatic carbocycles. The van der Waals surface area contributed by atoms with Gasteiger partial charge in [-0.25, -0.2) is 0 Å². The predicted octanol–water partition coefficient (Wildman–Crippen LogP) is 3.00. The zero-order chi connectivity index (χ0) is 22.5. The highest BCUT2D eigenvalue weighted by Gasteiger charge is 2.37.